The lowest BCUT2D eigenvalue weighted by Gasteiger charge is -2.13. The Morgan fingerprint density at radius 2 is 1.93 bits per heavy atom. The molecule has 1 aromatic heterocycles. The van der Waals surface area contributed by atoms with Crippen molar-refractivity contribution in [2.75, 3.05) is 12.4 Å². The number of methoxy groups -OCH3 is 1. The first kappa shape index (κ1) is 20.3. The number of rotatable bonds is 6. The van der Waals surface area contributed by atoms with Crippen LogP contribution >= 0.6 is 11.3 Å². The summed E-state index contributed by atoms with van der Waals surface area (Å²) in [6.45, 7) is 1.43. The Morgan fingerprint density at radius 3 is 2.66 bits per heavy atom. The van der Waals surface area contributed by atoms with Crippen LogP contribution in [0.4, 0.5) is 13.9 Å². The molecule has 1 heterocycles. The molecule has 3 rings (SSSR count). The van der Waals surface area contributed by atoms with E-state index in [9.17, 15) is 18.4 Å². The predicted molar refractivity (Wildman–Crippen MR) is 104 cm³/mol. The lowest BCUT2D eigenvalue weighted by molar-refractivity contribution is -0.117. The molecule has 10 heteroatoms. The van der Waals surface area contributed by atoms with Gasteiger partial charge in [-0.25, -0.2) is 8.78 Å². The number of aromatic nitrogens is 2. The Balaban J connectivity index is 1.64. The van der Waals surface area contributed by atoms with Crippen LogP contribution in [0.25, 0.3) is 10.6 Å². The summed E-state index contributed by atoms with van der Waals surface area (Å²) < 4.78 is 31.8. The summed E-state index contributed by atoms with van der Waals surface area (Å²) in [4.78, 5) is 24.4. The van der Waals surface area contributed by atoms with Crippen LogP contribution in [-0.4, -0.2) is 35.2 Å². The van der Waals surface area contributed by atoms with Crippen LogP contribution < -0.4 is 15.4 Å². The first-order valence-corrected chi connectivity index (χ1v) is 9.23. The first-order chi connectivity index (χ1) is 13.9. The average Bonchev–Trinajstić information content (AvgIpc) is 3.16. The highest BCUT2D eigenvalue weighted by Crippen LogP contribution is 2.28. The van der Waals surface area contributed by atoms with Crippen LogP contribution in [0.2, 0.25) is 0 Å². The molecular weight excluding hydrogens is 402 g/mol. The smallest absolute Gasteiger partial charge is 0.254 e. The van der Waals surface area contributed by atoms with Crippen molar-refractivity contribution in [3.8, 4) is 16.3 Å². The van der Waals surface area contributed by atoms with Gasteiger partial charge >= 0.3 is 0 Å². The molecule has 1 unspecified atom stereocenters. The van der Waals surface area contributed by atoms with E-state index in [1.165, 1.54) is 6.92 Å². The summed E-state index contributed by atoms with van der Waals surface area (Å²) in [6, 6.07) is 8.79. The number of benzene rings is 2. The average molecular weight is 418 g/mol. The summed E-state index contributed by atoms with van der Waals surface area (Å²) in [6.07, 6.45) is 0. The minimum Gasteiger partial charge on any atom is -0.497 e. The SMILES string of the molecule is COc1cccc(-c2nnc(NC(=O)C(C)NC(=O)c3ccc(F)cc3F)s2)c1. The van der Waals surface area contributed by atoms with E-state index in [0.29, 0.717) is 16.8 Å². The number of amides is 2. The van der Waals surface area contributed by atoms with Gasteiger partial charge in [-0.15, -0.1) is 10.2 Å². The molecule has 7 nitrogen and oxygen atoms in total. The van der Waals surface area contributed by atoms with Crippen molar-refractivity contribution in [1.82, 2.24) is 15.5 Å². The zero-order chi connectivity index (χ0) is 21.0. The lowest BCUT2D eigenvalue weighted by atomic mass is 10.2. The molecule has 0 radical (unpaired) electrons. The number of hydrogen-bond donors (Lipinski definition) is 2. The summed E-state index contributed by atoms with van der Waals surface area (Å²) >= 11 is 1.15. The van der Waals surface area contributed by atoms with Crippen molar-refractivity contribution in [3.05, 3.63) is 59.7 Å². The molecule has 2 aromatic carbocycles. The number of hydrogen-bond acceptors (Lipinski definition) is 6. The highest BCUT2D eigenvalue weighted by molar-refractivity contribution is 7.18. The van der Waals surface area contributed by atoms with Crippen LogP contribution in [0.15, 0.2) is 42.5 Å². The molecule has 0 fully saturated rings. The number of anilines is 1. The van der Waals surface area contributed by atoms with E-state index in [1.807, 2.05) is 6.07 Å². The number of carbonyl (C=O) groups excluding carboxylic acids is 2. The molecule has 0 saturated heterocycles. The van der Waals surface area contributed by atoms with Gasteiger partial charge in [0.1, 0.15) is 28.4 Å². The summed E-state index contributed by atoms with van der Waals surface area (Å²) in [5.41, 5.74) is 0.415. The Labute approximate surface area is 168 Å². The van der Waals surface area contributed by atoms with Crippen LogP contribution in [0, 0.1) is 11.6 Å². The van der Waals surface area contributed by atoms with E-state index in [-0.39, 0.29) is 10.7 Å². The van der Waals surface area contributed by atoms with Gasteiger partial charge in [-0.2, -0.15) is 0 Å². The Hall–Kier alpha value is -3.40. The fraction of sp³-hybridized carbons (Fsp3) is 0.158. The number of carbonyl (C=O) groups is 2. The third-order valence-electron chi connectivity index (χ3n) is 3.89. The van der Waals surface area contributed by atoms with E-state index < -0.39 is 29.5 Å². The maximum Gasteiger partial charge on any atom is 0.254 e. The van der Waals surface area contributed by atoms with Crippen LogP contribution in [0.1, 0.15) is 17.3 Å². The van der Waals surface area contributed by atoms with Crippen molar-refractivity contribution < 1.29 is 23.1 Å². The van der Waals surface area contributed by atoms with Crippen molar-refractivity contribution in [2.24, 2.45) is 0 Å². The number of nitrogens with one attached hydrogen (secondary N) is 2. The van der Waals surface area contributed by atoms with Gasteiger partial charge in [0.25, 0.3) is 5.91 Å². The minimum absolute atomic E-state index is 0.238. The van der Waals surface area contributed by atoms with Gasteiger partial charge in [0.15, 0.2) is 0 Å². The van der Waals surface area contributed by atoms with Crippen molar-refractivity contribution in [1.29, 1.82) is 0 Å². The quantitative estimate of drug-likeness (QED) is 0.641. The molecule has 150 valence electrons. The zero-order valence-electron chi connectivity index (χ0n) is 15.4. The number of halogens is 2. The van der Waals surface area contributed by atoms with E-state index in [1.54, 1.807) is 25.3 Å². The maximum absolute atomic E-state index is 13.7. The molecule has 0 saturated carbocycles. The molecule has 0 aliphatic heterocycles. The molecular formula is C19H16F2N4O3S. The van der Waals surface area contributed by atoms with Gasteiger partial charge in [0.2, 0.25) is 11.0 Å². The third-order valence-corrected chi connectivity index (χ3v) is 4.78. The monoisotopic (exact) mass is 418 g/mol. The van der Waals surface area contributed by atoms with Gasteiger partial charge in [-0.05, 0) is 31.2 Å². The van der Waals surface area contributed by atoms with Crippen LogP contribution in [0.3, 0.4) is 0 Å². The van der Waals surface area contributed by atoms with E-state index in [0.717, 1.165) is 29.0 Å². The molecule has 3 aromatic rings. The van der Waals surface area contributed by atoms with Crippen molar-refractivity contribution in [2.45, 2.75) is 13.0 Å². The zero-order valence-corrected chi connectivity index (χ0v) is 16.2. The Morgan fingerprint density at radius 1 is 1.14 bits per heavy atom. The predicted octanol–water partition coefficient (Wildman–Crippen LogP) is 3.25. The second-order valence-electron chi connectivity index (χ2n) is 5.95. The molecule has 0 spiro atoms. The molecule has 2 amide bonds. The largest absolute Gasteiger partial charge is 0.497 e. The highest BCUT2D eigenvalue weighted by atomic mass is 32.1. The Kier molecular flexibility index (Phi) is 6.13. The number of nitrogens with zero attached hydrogens (tertiary/aromatic N) is 2. The summed E-state index contributed by atoms with van der Waals surface area (Å²) in [7, 11) is 1.55. The van der Waals surface area contributed by atoms with Crippen molar-refractivity contribution in [3.63, 3.8) is 0 Å². The highest BCUT2D eigenvalue weighted by Gasteiger charge is 2.20. The second kappa shape index (κ2) is 8.74. The van der Waals surface area contributed by atoms with Crippen LogP contribution in [-0.2, 0) is 4.79 Å². The van der Waals surface area contributed by atoms with Gasteiger partial charge < -0.3 is 10.1 Å². The third kappa shape index (κ3) is 4.91. The molecule has 0 aliphatic carbocycles. The normalized spacial score (nSPS) is 11.6. The molecule has 29 heavy (non-hydrogen) atoms. The number of ether oxygens (including phenoxy) is 1. The van der Waals surface area contributed by atoms with Gasteiger partial charge in [0.05, 0.1) is 12.7 Å². The molecule has 1 atom stereocenters. The first-order valence-electron chi connectivity index (χ1n) is 8.42. The van der Waals surface area contributed by atoms with Crippen LogP contribution in [0.5, 0.6) is 5.75 Å². The minimum atomic E-state index is -1.01. The van der Waals surface area contributed by atoms with E-state index >= 15 is 0 Å². The second-order valence-corrected chi connectivity index (χ2v) is 6.93. The fourth-order valence-electron chi connectivity index (χ4n) is 2.37. The summed E-state index contributed by atoms with van der Waals surface area (Å²) in [5.74, 6) is -2.54. The molecule has 0 aliphatic rings. The topological polar surface area (TPSA) is 93.2 Å². The van der Waals surface area contributed by atoms with Gasteiger partial charge in [-0.1, -0.05) is 23.5 Å². The summed E-state index contributed by atoms with van der Waals surface area (Å²) in [5, 5.41) is 13.7. The molecule has 0 bridgehead atoms. The van der Waals surface area contributed by atoms with E-state index in [2.05, 4.69) is 20.8 Å². The lowest BCUT2D eigenvalue weighted by Crippen LogP contribution is -2.41. The van der Waals surface area contributed by atoms with E-state index in [4.69, 9.17) is 4.74 Å². The Bertz CT molecular complexity index is 1060. The fourth-order valence-corrected chi connectivity index (χ4v) is 3.12. The van der Waals surface area contributed by atoms with Gasteiger partial charge in [0, 0.05) is 11.6 Å². The standard InChI is InChI=1S/C19H16F2N4O3S/c1-10(22-17(27)14-7-6-12(20)9-15(14)21)16(26)23-19-25-24-18(29-19)11-4-3-5-13(8-11)28-2/h3-10H,1-2H3,(H,22,27)(H,23,25,26). The van der Waals surface area contributed by atoms with Gasteiger partial charge in [-0.3, -0.25) is 14.9 Å². The maximum atomic E-state index is 13.7. The molecule has 2 N–H and O–H groups in total. The van der Waals surface area contributed by atoms with Crippen molar-refractivity contribution >= 4 is 28.3 Å².